The average molecular weight is 545 g/mol. The molecule has 0 fully saturated rings. The molecule has 1 aliphatic rings. The summed E-state index contributed by atoms with van der Waals surface area (Å²) in [4.78, 5) is 29.2. The number of ether oxygens (including phenoxy) is 2. The Morgan fingerprint density at radius 1 is 1.08 bits per heavy atom. The molecule has 0 saturated carbocycles. The molecule has 206 valence electrons. The van der Waals surface area contributed by atoms with Gasteiger partial charge in [0.25, 0.3) is 0 Å². The van der Waals surface area contributed by atoms with E-state index in [0.717, 1.165) is 18.5 Å². The van der Waals surface area contributed by atoms with E-state index in [9.17, 15) is 18.0 Å². The molecule has 3 N–H and O–H groups in total. The van der Waals surface area contributed by atoms with Crippen molar-refractivity contribution in [3.8, 4) is 5.75 Å². The molecule has 0 radical (unpaired) electrons. The molecule has 0 saturated heterocycles. The zero-order chi connectivity index (χ0) is 27.6. The van der Waals surface area contributed by atoms with Gasteiger partial charge in [0.15, 0.2) is 5.96 Å². The van der Waals surface area contributed by atoms with Crippen molar-refractivity contribution in [2.75, 3.05) is 19.7 Å². The molecule has 1 heterocycles. The van der Waals surface area contributed by atoms with Crippen LogP contribution in [0.2, 0.25) is 0 Å². The minimum Gasteiger partial charge on any atom is -0.494 e. The molecule has 1 atom stereocenters. The Labute approximate surface area is 224 Å². The van der Waals surface area contributed by atoms with Crippen LogP contribution in [0.5, 0.6) is 5.75 Å². The van der Waals surface area contributed by atoms with Crippen LogP contribution >= 0.6 is 0 Å². The van der Waals surface area contributed by atoms with E-state index < -0.39 is 27.6 Å². The number of benzene rings is 2. The van der Waals surface area contributed by atoms with Gasteiger partial charge in [0, 0.05) is 19.5 Å². The number of rotatable bonds is 11. The van der Waals surface area contributed by atoms with Gasteiger partial charge >= 0.3 is 5.97 Å². The first-order valence-corrected chi connectivity index (χ1v) is 14.1. The highest BCUT2D eigenvalue weighted by atomic mass is 32.2. The molecule has 11 heteroatoms. The van der Waals surface area contributed by atoms with Gasteiger partial charge in [-0.05, 0) is 69.9 Å². The summed E-state index contributed by atoms with van der Waals surface area (Å²) in [6, 6.07) is 13.8. The zero-order valence-corrected chi connectivity index (χ0v) is 22.8. The van der Waals surface area contributed by atoms with Crippen molar-refractivity contribution in [1.82, 2.24) is 15.4 Å². The molecule has 38 heavy (non-hydrogen) atoms. The molecule has 10 nitrogen and oxygen atoms in total. The number of guanidine groups is 1. The van der Waals surface area contributed by atoms with Crippen molar-refractivity contribution in [3.05, 3.63) is 60.2 Å². The second-order valence-corrected chi connectivity index (χ2v) is 11.6. The van der Waals surface area contributed by atoms with Crippen LogP contribution in [-0.4, -0.2) is 57.6 Å². The van der Waals surface area contributed by atoms with Gasteiger partial charge < -0.3 is 14.8 Å². The van der Waals surface area contributed by atoms with E-state index >= 15 is 0 Å². The summed E-state index contributed by atoms with van der Waals surface area (Å²) in [5.41, 5.74) is -0.0493. The standard InChI is InChI=1S/C27H36N4O6S/c1-27(2,3)37-25(33)23(31-38(34,35)22-9-5-4-6-10-22)19-20-12-14-21(15-13-20)36-18-7-11-24(32)30-26-28-16-8-17-29-26/h4-6,9-10,12-15,23,31H,7-8,11,16-19H2,1-3H3,(H2,28,29,30,32)/t23-/m0/s1. The summed E-state index contributed by atoms with van der Waals surface area (Å²) < 4.78 is 39.5. The third kappa shape index (κ3) is 9.79. The van der Waals surface area contributed by atoms with Crippen LogP contribution in [-0.2, 0) is 30.8 Å². The molecule has 2 aromatic carbocycles. The maximum atomic E-state index is 12.9. The van der Waals surface area contributed by atoms with E-state index in [4.69, 9.17) is 9.47 Å². The maximum absolute atomic E-state index is 12.9. The Morgan fingerprint density at radius 2 is 1.79 bits per heavy atom. The number of nitrogens with zero attached hydrogens (tertiary/aromatic N) is 1. The SMILES string of the molecule is CC(C)(C)OC(=O)[C@H](Cc1ccc(OCCCC(=O)NC2=NCCCN2)cc1)NS(=O)(=O)c1ccccc1. The van der Waals surface area contributed by atoms with Crippen LogP contribution in [0, 0.1) is 0 Å². The summed E-state index contributed by atoms with van der Waals surface area (Å²) in [6.07, 6.45) is 1.89. The highest BCUT2D eigenvalue weighted by Crippen LogP contribution is 2.18. The van der Waals surface area contributed by atoms with Crippen LogP contribution in [0.15, 0.2) is 64.5 Å². The van der Waals surface area contributed by atoms with Gasteiger partial charge in [-0.2, -0.15) is 4.72 Å². The molecule has 0 bridgehead atoms. The number of carbonyl (C=O) groups excluding carboxylic acids is 2. The largest absolute Gasteiger partial charge is 0.494 e. The highest BCUT2D eigenvalue weighted by Gasteiger charge is 2.30. The van der Waals surface area contributed by atoms with Crippen LogP contribution in [0.4, 0.5) is 0 Å². The monoisotopic (exact) mass is 544 g/mol. The fourth-order valence-electron chi connectivity index (χ4n) is 3.59. The predicted molar refractivity (Wildman–Crippen MR) is 144 cm³/mol. The normalized spacial score (nSPS) is 14.6. The van der Waals surface area contributed by atoms with E-state index in [2.05, 4.69) is 20.3 Å². The molecule has 0 aromatic heterocycles. The maximum Gasteiger partial charge on any atom is 0.325 e. The molecule has 1 amide bonds. The van der Waals surface area contributed by atoms with Gasteiger partial charge in [-0.3, -0.25) is 19.9 Å². The smallest absolute Gasteiger partial charge is 0.325 e. The van der Waals surface area contributed by atoms with Crippen molar-refractivity contribution >= 4 is 27.9 Å². The number of nitrogens with one attached hydrogen (secondary N) is 3. The average Bonchev–Trinajstić information content (AvgIpc) is 2.87. The quantitative estimate of drug-likeness (QED) is 0.292. The topological polar surface area (TPSA) is 135 Å². The second kappa shape index (κ2) is 13.4. The molecule has 0 unspecified atom stereocenters. The predicted octanol–water partition coefficient (Wildman–Crippen LogP) is 2.54. The highest BCUT2D eigenvalue weighted by molar-refractivity contribution is 7.89. The van der Waals surface area contributed by atoms with E-state index in [1.807, 2.05) is 0 Å². The Morgan fingerprint density at radius 3 is 2.42 bits per heavy atom. The lowest BCUT2D eigenvalue weighted by Crippen LogP contribution is -2.45. The Hall–Kier alpha value is -3.44. The van der Waals surface area contributed by atoms with Gasteiger partial charge in [0.2, 0.25) is 15.9 Å². The molecule has 1 aliphatic heterocycles. The van der Waals surface area contributed by atoms with Crippen LogP contribution in [0.25, 0.3) is 0 Å². The van der Waals surface area contributed by atoms with Crippen LogP contribution < -0.4 is 20.1 Å². The molecule has 0 spiro atoms. The third-order valence-electron chi connectivity index (χ3n) is 5.38. The lowest BCUT2D eigenvalue weighted by atomic mass is 10.1. The molecule has 2 aromatic rings. The van der Waals surface area contributed by atoms with Crippen LogP contribution in [0.1, 0.15) is 45.6 Å². The van der Waals surface area contributed by atoms with E-state index in [1.54, 1.807) is 63.2 Å². The first kappa shape index (κ1) is 29.1. The summed E-state index contributed by atoms with van der Waals surface area (Å²) in [7, 11) is -3.94. The zero-order valence-electron chi connectivity index (χ0n) is 22.0. The van der Waals surface area contributed by atoms with Crippen LogP contribution in [0.3, 0.4) is 0 Å². The number of hydrogen-bond acceptors (Lipinski definition) is 8. The van der Waals surface area contributed by atoms with Gasteiger partial charge in [-0.25, -0.2) is 8.42 Å². The van der Waals surface area contributed by atoms with Crippen molar-refractivity contribution < 1.29 is 27.5 Å². The van der Waals surface area contributed by atoms with Crippen molar-refractivity contribution in [3.63, 3.8) is 0 Å². The van der Waals surface area contributed by atoms with Crippen molar-refractivity contribution in [1.29, 1.82) is 0 Å². The summed E-state index contributed by atoms with van der Waals surface area (Å²) >= 11 is 0. The number of amides is 1. The molecular weight excluding hydrogens is 508 g/mol. The minimum absolute atomic E-state index is 0.0639. The number of esters is 1. The number of aliphatic imine (C=N–C) groups is 1. The summed E-state index contributed by atoms with van der Waals surface area (Å²) in [6.45, 7) is 7.04. The first-order valence-electron chi connectivity index (χ1n) is 12.6. The summed E-state index contributed by atoms with van der Waals surface area (Å²) in [5.74, 6) is 0.341. The Balaban J connectivity index is 1.55. The van der Waals surface area contributed by atoms with Crippen molar-refractivity contribution in [2.45, 2.75) is 63.0 Å². The van der Waals surface area contributed by atoms with E-state index in [-0.39, 0.29) is 17.2 Å². The van der Waals surface area contributed by atoms with Crippen molar-refractivity contribution in [2.24, 2.45) is 4.99 Å². The van der Waals surface area contributed by atoms with E-state index in [1.165, 1.54) is 12.1 Å². The number of carbonyl (C=O) groups is 2. The van der Waals surface area contributed by atoms with Gasteiger partial charge in [0.05, 0.1) is 11.5 Å². The lowest BCUT2D eigenvalue weighted by molar-refractivity contribution is -0.156. The lowest BCUT2D eigenvalue weighted by Gasteiger charge is -2.24. The van der Waals surface area contributed by atoms with Gasteiger partial charge in [-0.15, -0.1) is 0 Å². The molecule has 0 aliphatic carbocycles. The van der Waals surface area contributed by atoms with E-state index in [0.29, 0.717) is 37.7 Å². The molecule has 3 rings (SSSR count). The second-order valence-electron chi connectivity index (χ2n) is 9.88. The fraction of sp³-hybridized carbons (Fsp3) is 0.444. The Bertz CT molecular complexity index is 1210. The van der Waals surface area contributed by atoms with Gasteiger partial charge in [0.1, 0.15) is 17.4 Å². The van der Waals surface area contributed by atoms with Gasteiger partial charge in [-0.1, -0.05) is 30.3 Å². The Kier molecular flexibility index (Phi) is 10.3. The number of hydrogen-bond donors (Lipinski definition) is 3. The number of sulfonamides is 1. The summed E-state index contributed by atoms with van der Waals surface area (Å²) in [5, 5.41) is 5.79. The minimum atomic E-state index is -3.94. The molecular formula is C27H36N4O6S. The third-order valence-corrected chi connectivity index (χ3v) is 6.86. The fourth-order valence-corrected chi connectivity index (χ4v) is 4.80. The first-order chi connectivity index (χ1) is 18.0.